The lowest BCUT2D eigenvalue weighted by atomic mass is 9.96. The number of nitrogens with one attached hydrogen (secondary N) is 1. The van der Waals surface area contributed by atoms with Crippen LogP contribution in [0.25, 0.3) is 0 Å². The van der Waals surface area contributed by atoms with E-state index in [4.69, 9.17) is 5.41 Å². The quantitative estimate of drug-likeness (QED) is 0.633. The van der Waals surface area contributed by atoms with E-state index in [1.54, 1.807) is 0 Å². The highest BCUT2D eigenvalue weighted by Gasteiger charge is 2.18. The Morgan fingerprint density at radius 3 is 2.72 bits per heavy atom. The summed E-state index contributed by atoms with van der Waals surface area (Å²) in [6.07, 6.45) is 6.47. The first kappa shape index (κ1) is 13.1. The van der Waals surface area contributed by atoms with Crippen LogP contribution in [0.2, 0.25) is 0 Å². The van der Waals surface area contributed by atoms with E-state index in [1.165, 1.54) is 32.1 Å². The molecule has 0 bridgehead atoms. The Hall–Kier alpha value is -1.31. The molecule has 1 saturated heterocycles. The van der Waals surface area contributed by atoms with Gasteiger partial charge in [0.1, 0.15) is 5.84 Å². The summed E-state index contributed by atoms with van der Waals surface area (Å²) in [6, 6.07) is 10.1. The van der Waals surface area contributed by atoms with Gasteiger partial charge in [-0.05, 0) is 25.2 Å². The van der Waals surface area contributed by atoms with Gasteiger partial charge in [0.15, 0.2) is 0 Å². The van der Waals surface area contributed by atoms with Crippen LogP contribution in [-0.4, -0.2) is 23.8 Å². The van der Waals surface area contributed by atoms with Crippen LogP contribution in [-0.2, 0) is 0 Å². The van der Waals surface area contributed by atoms with Crippen molar-refractivity contribution in [2.75, 3.05) is 13.1 Å². The van der Waals surface area contributed by atoms with Gasteiger partial charge in [-0.2, -0.15) is 0 Å². The maximum Gasteiger partial charge on any atom is 0.128 e. The molecule has 98 valence electrons. The number of nitrogens with zero attached hydrogens (tertiary/aromatic N) is 1. The molecule has 0 spiro atoms. The van der Waals surface area contributed by atoms with Gasteiger partial charge in [0.05, 0.1) is 0 Å². The second kappa shape index (κ2) is 6.58. The SMILES string of the molecule is CCCC1CCCN(C(=N)c2ccccc2)CC1. The maximum absolute atomic E-state index is 8.32. The van der Waals surface area contributed by atoms with Crippen molar-refractivity contribution in [3.05, 3.63) is 35.9 Å². The predicted molar refractivity (Wildman–Crippen MR) is 77.1 cm³/mol. The molecule has 2 rings (SSSR count). The van der Waals surface area contributed by atoms with Crippen molar-refractivity contribution in [1.29, 1.82) is 5.41 Å². The van der Waals surface area contributed by atoms with Crippen LogP contribution < -0.4 is 0 Å². The smallest absolute Gasteiger partial charge is 0.128 e. The number of hydrogen-bond donors (Lipinski definition) is 1. The zero-order valence-corrected chi connectivity index (χ0v) is 11.4. The summed E-state index contributed by atoms with van der Waals surface area (Å²) in [5, 5.41) is 8.32. The average molecular weight is 244 g/mol. The molecule has 1 aromatic rings. The summed E-state index contributed by atoms with van der Waals surface area (Å²) >= 11 is 0. The minimum atomic E-state index is 0.702. The molecule has 0 aromatic heterocycles. The first-order valence-electron chi connectivity index (χ1n) is 7.20. The number of likely N-dealkylation sites (tertiary alicyclic amines) is 1. The molecular formula is C16H24N2. The molecule has 1 heterocycles. The molecule has 1 atom stereocenters. The molecule has 2 heteroatoms. The van der Waals surface area contributed by atoms with Gasteiger partial charge >= 0.3 is 0 Å². The Bertz CT molecular complexity index is 372. The van der Waals surface area contributed by atoms with Gasteiger partial charge in [-0.1, -0.05) is 50.1 Å². The van der Waals surface area contributed by atoms with E-state index in [2.05, 4.69) is 11.8 Å². The monoisotopic (exact) mass is 244 g/mol. The topological polar surface area (TPSA) is 27.1 Å². The Morgan fingerprint density at radius 1 is 1.22 bits per heavy atom. The van der Waals surface area contributed by atoms with E-state index >= 15 is 0 Å². The van der Waals surface area contributed by atoms with Crippen molar-refractivity contribution in [1.82, 2.24) is 4.90 Å². The molecule has 0 amide bonds. The number of amidine groups is 1. The first-order valence-corrected chi connectivity index (χ1v) is 7.20. The van der Waals surface area contributed by atoms with Crippen molar-refractivity contribution in [3.63, 3.8) is 0 Å². The third-order valence-electron chi connectivity index (χ3n) is 3.91. The summed E-state index contributed by atoms with van der Waals surface area (Å²) in [5.41, 5.74) is 1.05. The Balaban J connectivity index is 1.96. The van der Waals surface area contributed by atoms with Crippen LogP contribution in [0.15, 0.2) is 30.3 Å². The lowest BCUT2D eigenvalue weighted by molar-refractivity contribution is 0.401. The standard InChI is InChI=1S/C16H24N2/c1-2-7-14-8-6-12-18(13-11-14)16(17)15-9-4-3-5-10-15/h3-5,9-10,14,17H,2,6-8,11-13H2,1H3. The average Bonchev–Trinajstić information content (AvgIpc) is 2.65. The molecule has 1 unspecified atom stereocenters. The molecule has 0 saturated carbocycles. The molecule has 18 heavy (non-hydrogen) atoms. The van der Waals surface area contributed by atoms with E-state index in [-0.39, 0.29) is 0 Å². The van der Waals surface area contributed by atoms with Gasteiger partial charge in [-0.25, -0.2) is 0 Å². The summed E-state index contributed by atoms with van der Waals surface area (Å²) in [7, 11) is 0. The Kier molecular flexibility index (Phi) is 4.80. The minimum absolute atomic E-state index is 0.702. The second-order valence-electron chi connectivity index (χ2n) is 5.29. The van der Waals surface area contributed by atoms with Crippen LogP contribution in [0.3, 0.4) is 0 Å². The Labute approximate surface area is 111 Å². The highest BCUT2D eigenvalue weighted by atomic mass is 15.2. The van der Waals surface area contributed by atoms with E-state index < -0.39 is 0 Å². The van der Waals surface area contributed by atoms with Crippen LogP contribution in [0, 0.1) is 11.3 Å². The van der Waals surface area contributed by atoms with Gasteiger partial charge in [-0.3, -0.25) is 5.41 Å². The zero-order valence-electron chi connectivity index (χ0n) is 11.4. The van der Waals surface area contributed by atoms with E-state index in [9.17, 15) is 0 Å². The molecule has 1 aromatic carbocycles. The third kappa shape index (κ3) is 3.34. The predicted octanol–water partition coefficient (Wildman–Crippen LogP) is 3.91. The lowest BCUT2D eigenvalue weighted by Crippen LogP contribution is -2.32. The molecular weight excluding hydrogens is 220 g/mol. The van der Waals surface area contributed by atoms with Crippen molar-refractivity contribution in [3.8, 4) is 0 Å². The summed E-state index contributed by atoms with van der Waals surface area (Å²) in [6.45, 7) is 4.38. The minimum Gasteiger partial charge on any atom is -0.357 e. The van der Waals surface area contributed by atoms with Crippen LogP contribution >= 0.6 is 0 Å². The van der Waals surface area contributed by atoms with Crippen LogP contribution in [0.1, 0.15) is 44.6 Å². The van der Waals surface area contributed by atoms with E-state index in [1.807, 2.05) is 30.3 Å². The van der Waals surface area contributed by atoms with Crippen molar-refractivity contribution >= 4 is 5.84 Å². The molecule has 0 aliphatic carbocycles. The summed E-state index contributed by atoms with van der Waals surface area (Å²) in [5.74, 6) is 1.58. The van der Waals surface area contributed by atoms with E-state index in [0.29, 0.717) is 5.84 Å². The lowest BCUT2D eigenvalue weighted by Gasteiger charge is -2.23. The van der Waals surface area contributed by atoms with Crippen molar-refractivity contribution in [2.45, 2.75) is 39.0 Å². The fourth-order valence-electron chi connectivity index (χ4n) is 2.86. The molecule has 1 N–H and O–H groups in total. The summed E-state index contributed by atoms with van der Waals surface area (Å²) in [4.78, 5) is 2.25. The van der Waals surface area contributed by atoms with Gasteiger partial charge in [-0.15, -0.1) is 0 Å². The normalized spacial score (nSPS) is 20.5. The molecule has 2 nitrogen and oxygen atoms in total. The van der Waals surface area contributed by atoms with Gasteiger partial charge in [0.2, 0.25) is 0 Å². The van der Waals surface area contributed by atoms with Crippen molar-refractivity contribution < 1.29 is 0 Å². The molecule has 1 aliphatic rings. The van der Waals surface area contributed by atoms with Gasteiger partial charge in [0, 0.05) is 18.7 Å². The highest BCUT2D eigenvalue weighted by molar-refractivity contribution is 5.96. The number of benzene rings is 1. The number of rotatable bonds is 3. The van der Waals surface area contributed by atoms with Crippen LogP contribution in [0.5, 0.6) is 0 Å². The molecule has 1 aliphatic heterocycles. The molecule has 1 fully saturated rings. The number of hydrogen-bond acceptors (Lipinski definition) is 1. The third-order valence-corrected chi connectivity index (χ3v) is 3.91. The molecule has 0 radical (unpaired) electrons. The second-order valence-corrected chi connectivity index (χ2v) is 5.29. The van der Waals surface area contributed by atoms with Gasteiger partial charge < -0.3 is 4.90 Å². The van der Waals surface area contributed by atoms with Crippen LogP contribution in [0.4, 0.5) is 0 Å². The fourth-order valence-corrected chi connectivity index (χ4v) is 2.86. The first-order chi connectivity index (χ1) is 8.81. The largest absolute Gasteiger partial charge is 0.357 e. The maximum atomic E-state index is 8.32. The zero-order chi connectivity index (χ0) is 12.8. The Morgan fingerprint density at radius 2 is 2.00 bits per heavy atom. The highest BCUT2D eigenvalue weighted by Crippen LogP contribution is 2.22. The summed E-state index contributed by atoms with van der Waals surface area (Å²) < 4.78 is 0. The fraction of sp³-hybridized carbons (Fsp3) is 0.562. The van der Waals surface area contributed by atoms with E-state index in [0.717, 1.165) is 24.6 Å². The van der Waals surface area contributed by atoms with Crippen molar-refractivity contribution in [2.24, 2.45) is 5.92 Å². The van der Waals surface area contributed by atoms with Gasteiger partial charge in [0.25, 0.3) is 0 Å².